The van der Waals surface area contributed by atoms with E-state index in [1.807, 2.05) is 6.92 Å². The van der Waals surface area contributed by atoms with Gasteiger partial charge in [-0.3, -0.25) is 9.12 Å². The number of pyridine rings is 1. The third kappa shape index (κ3) is 2.59. The van der Waals surface area contributed by atoms with E-state index in [2.05, 4.69) is 19.9 Å². The number of aryl methyl sites for hydroxylation is 1. The highest BCUT2D eigenvalue weighted by Crippen LogP contribution is 2.26. The monoisotopic (exact) mass is 343 g/mol. The summed E-state index contributed by atoms with van der Waals surface area (Å²) in [6, 6.07) is 5.12. The van der Waals surface area contributed by atoms with Crippen LogP contribution in [0.15, 0.2) is 29.4 Å². The predicted octanol–water partition coefficient (Wildman–Crippen LogP) is 2.20. The van der Waals surface area contributed by atoms with E-state index < -0.39 is 10.0 Å². The van der Waals surface area contributed by atoms with Crippen molar-refractivity contribution in [1.82, 2.24) is 19.6 Å². The Bertz CT molecular complexity index is 902. The summed E-state index contributed by atoms with van der Waals surface area (Å²) in [6.45, 7) is 1.92. The Morgan fingerprint density at radius 2 is 2.19 bits per heavy atom. The van der Waals surface area contributed by atoms with Crippen LogP contribution in [0, 0.1) is 0 Å². The van der Waals surface area contributed by atoms with E-state index >= 15 is 0 Å². The molecule has 0 atom stereocenters. The second kappa shape index (κ2) is 5.24. The van der Waals surface area contributed by atoms with E-state index in [0.717, 1.165) is 5.01 Å². The van der Waals surface area contributed by atoms with Crippen molar-refractivity contribution >= 4 is 43.7 Å². The number of fused-ring (bicyclic) bond motifs is 1. The van der Waals surface area contributed by atoms with Crippen molar-refractivity contribution < 1.29 is 8.42 Å². The average Bonchev–Trinajstić information content (AvgIpc) is 3.00. The number of hydrogen-bond donors (Lipinski definition) is 1. The van der Waals surface area contributed by atoms with Gasteiger partial charge in [-0.1, -0.05) is 35.9 Å². The summed E-state index contributed by atoms with van der Waals surface area (Å²) in [7, 11) is -3.90. The highest BCUT2D eigenvalue weighted by atomic mass is 35.5. The second-order valence-corrected chi connectivity index (χ2v) is 7.11. The zero-order valence-corrected chi connectivity index (χ0v) is 13.2. The third-order valence-electron chi connectivity index (χ3n) is 2.69. The fourth-order valence-electron chi connectivity index (χ4n) is 1.79. The van der Waals surface area contributed by atoms with Crippen molar-refractivity contribution in [2.24, 2.45) is 0 Å². The Labute approximate surface area is 129 Å². The van der Waals surface area contributed by atoms with Crippen LogP contribution in [-0.4, -0.2) is 28.0 Å². The first kappa shape index (κ1) is 14.2. The van der Waals surface area contributed by atoms with Gasteiger partial charge < -0.3 is 0 Å². The Morgan fingerprint density at radius 1 is 1.38 bits per heavy atom. The minimum Gasteiger partial charge on any atom is -0.288 e. The smallest absolute Gasteiger partial charge is 0.282 e. The second-order valence-electron chi connectivity index (χ2n) is 4.10. The molecule has 0 amide bonds. The van der Waals surface area contributed by atoms with Crippen molar-refractivity contribution in [3.63, 3.8) is 0 Å². The summed E-state index contributed by atoms with van der Waals surface area (Å²) in [5.74, 6) is 0. The minimum atomic E-state index is -3.90. The van der Waals surface area contributed by atoms with Gasteiger partial charge in [-0.05, 0) is 18.6 Å². The molecule has 21 heavy (non-hydrogen) atoms. The van der Waals surface area contributed by atoms with Gasteiger partial charge in [-0.2, -0.15) is 8.42 Å². The molecule has 0 radical (unpaired) electrons. The van der Waals surface area contributed by atoms with Gasteiger partial charge in [0.25, 0.3) is 10.0 Å². The van der Waals surface area contributed by atoms with Crippen molar-refractivity contribution in [2.75, 3.05) is 4.72 Å². The van der Waals surface area contributed by atoms with Crippen molar-refractivity contribution in [1.29, 1.82) is 0 Å². The van der Waals surface area contributed by atoms with Gasteiger partial charge in [0.1, 0.15) is 10.7 Å². The minimum absolute atomic E-state index is 0.0890. The lowest BCUT2D eigenvalue weighted by Crippen LogP contribution is -2.15. The molecule has 3 rings (SSSR count). The van der Waals surface area contributed by atoms with Crippen molar-refractivity contribution in [3.05, 3.63) is 34.6 Å². The standard InChI is InChI=1S/C11H10ClN5O2S2/c1-2-8-14-15-11(20-8)16-21(18,19)10-9(12)13-7-5-3-4-6-17(7)10/h3-6H,2H2,1H3,(H,15,16). The van der Waals surface area contributed by atoms with Gasteiger partial charge in [-0.25, -0.2) is 4.98 Å². The molecular weight excluding hydrogens is 334 g/mol. The first-order chi connectivity index (χ1) is 10.0. The molecular formula is C11H10ClN5O2S2. The molecule has 3 aromatic heterocycles. The number of aromatic nitrogens is 4. The Morgan fingerprint density at radius 3 is 2.90 bits per heavy atom. The maximum Gasteiger partial charge on any atom is 0.282 e. The average molecular weight is 344 g/mol. The quantitative estimate of drug-likeness (QED) is 0.784. The Balaban J connectivity index is 2.06. The molecule has 0 spiro atoms. The molecule has 0 saturated carbocycles. The highest BCUT2D eigenvalue weighted by molar-refractivity contribution is 7.93. The van der Waals surface area contributed by atoms with Crippen LogP contribution < -0.4 is 4.72 Å². The number of imidazole rings is 1. The molecule has 0 saturated heterocycles. The number of halogens is 1. The Kier molecular flexibility index (Phi) is 3.56. The largest absolute Gasteiger partial charge is 0.288 e. The SMILES string of the molecule is CCc1nnc(NS(=O)(=O)c2c(Cl)nc3ccccn23)s1. The third-order valence-corrected chi connectivity index (χ3v) is 5.54. The Hall–Kier alpha value is -1.71. The predicted molar refractivity (Wildman–Crippen MR) is 80.3 cm³/mol. The summed E-state index contributed by atoms with van der Waals surface area (Å²) >= 11 is 7.15. The van der Waals surface area contributed by atoms with Crippen molar-refractivity contribution in [2.45, 2.75) is 18.4 Å². The van der Waals surface area contributed by atoms with E-state index in [9.17, 15) is 8.42 Å². The van der Waals surface area contributed by atoms with Crippen LogP contribution in [-0.2, 0) is 16.4 Å². The molecule has 1 N–H and O–H groups in total. The summed E-state index contributed by atoms with van der Waals surface area (Å²) < 4.78 is 28.7. The van der Waals surface area contributed by atoms with Crippen LogP contribution in [0.5, 0.6) is 0 Å². The molecule has 0 aliphatic rings. The molecule has 110 valence electrons. The molecule has 3 heterocycles. The fourth-order valence-corrected chi connectivity index (χ4v) is 4.34. The molecule has 0 bridgehead atoms. The van der Waals surface area contributed by atoms with Crippen LogP contribution in [0.4, 0.5) is 5.13 Å². The van der Waals surface area contributed by atoms with E-state index in [1.165, 1.54) is 15.7 Å². The molecule has 0 aromatic carbocycles. The highest BCUT2D eigenvalue weighted by Gasteiger charge is 2.25. The first-order valence-electron chi connectivity index (χ1n) is 5.99. The van der Waals surface area contributed by atoms with E-state index in [-0.39, 0.29) is 15.3 Å². The van der Waals surface area contributed by atoms with Crippen LogP contribution in [0.3, 0.4) is 0 Å². The molecule has 0 aliphatic heterocycles. The summed E-state index contributed by atoms with van der Waals surface area (Å²) in [5, 5.41) is 8.41. The van der Waals surface area contributed by atoms with E-state index in [1.54, 1.807) is 24.4 Å². The number of nitrogens with zero attached hydrogens (tertiary/aromatic N) is 4. The molecule has 0 aliphatic carbocycles. The molecule has 7 nitrogen and oxygen atoms in total. The summed E-state index contributed by atoms with van der Waals surface area (Å²) in [5.41, 5.74) is 0.453. The first-order valence-corrected chi connectivity index (χ1v) is 8.67. The lowest BCUT2D eigenvalue weighted by Gasteiger charge is -2.04. The summed E-state index contributed by atoms with van der Waals surface area (Å²) in [6.07, 6.45) is 2.27. The van der Waals surface area contributed by atoms with Gasteiger partial charge in [0.2, 0.25) is 5.13 Å². The van der Waals surface area contributed by atoms with Gasteiger partial charge in [0.05, 0.1) is 0 Å². The number of rotatable bonds is 4. The van der Waals surface area contributed by atoms with E-state index in [0.29, 0.717) is 12.1 Å². The zero-order chi connectivity index (χ0) is 15.0. The fraction of sp³-hybridized carbons (Fsp3) is 0.182. The van der Waals surface area contributed by atoms with Gasteiger partial charge in [0.15, 0.2) is 10.2 Å². The maximum atomic E-state index is 12.5. The number of nitrogens with one attached hydrogen (secondary N) is 1. The van der Waals surface area contributed by atoms with Gasteiger partial charge >= 0.3 is 0 Å². The molecule has 0 fully saturated rings. The van der Waals surface area contributed by atoms with Crippen LogP contribution >= 0.6 is 22.9 Å². The normalized spacial score (nSPS) is 11.9. The van der Waals surface area contributed by atoms with Crippen molar-refractivity contribution in [3.8, 4) is 0 Å². The lowest BCUT2D eigenvalue weighted by molar-refractivity contribution is 0.596. The van der Waals surface area contributed by atoms with Gasteiger partial charge in [-0.15, -0.1) is 10.2 Å². The van der Waals surface area contributed by atoms with Gasteiger partial charge in [0, 0.05) is 6.20 Å². The summed E-state index contributed by atoms with van der Waals surface area (Å²) in [4.78, 5) is 4.02. The lowest BCUT2D eigenvalue weighted by atomic mass is 10.5. The van der Waals surface area contributed by atoms with Crippen LogP contribution in [0.2, 0.25) is 5.15 Å². The number of hydrogen-bond acceptors (Lipinski definition) is 6. The van der Waals surface area contributed by atoms with Crippen LogP contribution in [0.25, 0.3) is 5.65 Å². The van der Waals surface area contributed by atoms with Crippen LogP contribution in [0.1, 0.15) is 11.9 Å². The van der Waals surface area contributed by atoms with E-state index in [4.69, 9.17) is 11.6 Å². The molecule has 3 aromatic rings. The number of sulfonamides is 1. The maximum absolute atomic E-state index is 12.5. The topological polar surface area (TPSA) is 89.2 Å². The number of anilines is 1. The molecule has 10 heteroatoms. The molecule has 0 unspecified atom stereocenters. The zero-order valence-electron chi connectivity index (χ0n) is 10.8.